The van der Waals surface area contributed by atoms with Gasteiger partial charge in [0.1, 0.15) is 0 Å². The zero-order chi connectivity index (χ0) is 12.0. The summed E-state index contributed by atoms with van der Waals surface area (Å²) in [5, 5.41) is 3.25. The predicted molar refractivity (Wildman–Crippen MR) is 66.9 cm³/mol. The minimum Gasteiger partial charge on any atom is -0.316 e. The maximum Gasteiger partial charge on any atom is 0.212 e. The first-order chi connectivity index (χ1) is 7.57. The zero-order valence-corrected chi connectivity index (χ0v) is 11.1. The van der Waals surface area contributed by atoms with Gasteiger partial charge in [-0.1, -0.05) is 13.8 Å². The van der Waals surface area contributed by atoms with Gasteiger partial charge in [-0.2, -0.15) is 0 Å². The van der Waals surface area contributed by atoms with E-state index in [2.05, 4.69) is 10.0 Å². The van der Waals surface area contributed by atoms with Crippen LogP contribution in [0.25, 0.3) is 0 Å². The van der Waals surface area contributed by atoms with Crippen LogP contribution in [0.15, 0.2) is 0 Å². The second kappa shape index (κ2) is 6.57. The fourth-order valence-corrected chi connectivity index (χ4v) is 3.98. The van der Waals surface area contributed by atoms with Gasteiger partial charge in [-0.05, 0) is 44.7 Å². The summed E-state index contributed by atoms with van der Waals surface area (Å²) in [5.74, 6) is 0.553. The maximum atomic E-state index is 11.9. The van der Waals surface area contributed by atoms with E-state index in [4.69, 9.17) is 0 Å². The summed E-state index contributed by atoms with van der Waals surface area (Å²) in [6.07, 6.45) is 3.83. The summed E-state index contributed by atoms with van der Waals surface area (Å²) in [4.78, 5) is 0. The quantitative estimate of drug-likeness (QED) is 0.740. The number of piperidine rings is 1. The molecule has 0 amide bonds. The molecule has 0 bridgehead atoms. The molecule has 0 spiro atoms. The highest BCUT2D eigenvalue weighted by molar-refractivity contribution is 7.89. The van der Waals surface area contributed by atoms with Gasteiger partial charge >= 0.3 is 0 Å². The molecule has 1 heterocycles. The lowest BCUT2D eigenvalue weighted by Crippen LogP contribution is -2.41. The van der Waals surface area contributed by atoms with Crippen molar-refractivity contribution in [2.75, 3.05) is 18.8 Å². The van der Waals surface area contributed by atoms with Crippen molar-refractivity contribution in [2.45, 2.75) is 45.6 Å². The molecule has 1 aliphatic heterocycles. The number of rotatable bonds is 6. The van der Waals surface area contributed by atoms with Crippen LogP contribution in [0, 0.1) is 5.92 Å². The SMILES string of the molecule is CCC(CC)NS(=O)(=O)CC1CCCNC1. The highest BCUT2D eigenvalue weighted by atomic mass is 32.2. The van der Waals surface area contributed by atoms with Crippen LogP contribution in [-0.2, 0) is 10.0 Å². The van der Waals surface area contributed by atoms with Crippen LogP contribution >= 0.6 is 0 Å². The lowest BCUT2D eigenvalue weighted by molar-refractivity contribution is 0.401. The monoisotopic (exact) mass is 248 g/mol. The Labute approximate surface area is 99.2 Å². The van der Waals surface area contributed by atoms with Crippen LogP contribution in [0.2, 0.25) is 0 Å². The molecule has 1 fully saturated rings. The van der Waals surface area contributed by atoms with Crippen molar-refractivity contribution in [3.05, 3.63) is 0 Å². The number of sulfonamides is 1. The first kappa shape index (κ1) is 13.9. The molecule has 1 unspecified atom stereocenters. The topological polar surface area (TPSA) is 58.2 Å². The van der Waals surface area contributed by atoms with E-state index in [1.807, 2.05) is 13.8 Å². The normalized spacial score (nSPS) is 22.6. The summed E-state index contributed by atoms with van der Waals surface area (Å²) in [6, 6.07) is 0.0987. The third-order valence-electron chi connectivity index (χ3n) is 3.19. The van der Waals surface area contributed by atoms with Crippen LogP contribution in [-0.4, -0.2) is 33.3 Å². The summed E-state index contributed by atoms with van der Waals surface area (Å²) in [5.41, 5.74) is 0. The highest BCUT2D eigenvalue weighted by Gasteiger charge is 2.22. The van der Waals surface area contributed by atoms with E-state index in [9.17, 15) is 8.42 Å². The van der Waals surface area contributed by atoms with E-state index in [1.165, 1.54) is 0 Å². The van der Waals surface area contributed by atoms with Crippen LogP contribution in [0.1, 0.15) is 39.5 Å². The molecule has 16 heavy (non-hydrogen) atoms. The molecular weight excluding hydrogens is 224 g/mol. The standard InChI is InChI=1S/C11H24N2O2S/c1-3-11(4-2)13-16(14,15)9-10-6-5-7-12-8-10/h10-13H,3-9H2,1-2H3. The fraction of sp³-hybridized carbons (Fsp3) is 1.00. The average molecular weight is 248 g/mol. The summed E-state index contributed by atoms with van der Waals surface area (Å²) in [7, 11) is -3.09. The fourth-order valence-electron chi connectivity index (χ4n) is 2.13. The lowest BCUT2D eigenvalue weighted by Gasteiger charge is -2.23. The van der Waals surface area contributed by atoms with Gasteiger partial charge < -0.3 is 5.32 Å². The lowest BCUT2D eigenvalue weighted by atomic mass is 10.0. The predicted octanol–water partition coefficient (Wildman–Crippen LogP) is 1.09. The van der Waals surface area contributed by atoms with Crippen molar-refractivity contribution in [3.63, 3.8) is 0 Å². The van der Waals surface area contributed by atoms with E-state index in [0.717, 1.165) is 38.8 Å². The minimum absolute atomic E-state index is 0.0987. The molecule has 5 heteroatoms. The molecule has 0 aromatic heterocycles. The smallest absolute Gasteiger partial charge is 0.212 e. The molecule has 96 valence electrons. The van der Waals surface area contributed by atoms with Crippen molar-refractivity contribution in [1.29, 1.82) is 0 Å². The zero-order valence-electron chi connectivity index (χ0n) is 10.3. The molecule has 0 aliphatic carbocycles. The Balaban J connectivity index is 2.43. The van der Waals surface area contributed by atoms with Gasteiger partial charge in [0.05, 0.1) is 5.75 Å². The average Bonchev–Trinajstić information content (AvgIpc) is 2.26. The van der Waals surface area contributed by atoms with Crippen molar-refractivity contribution < 1.29 is 8.42 Å². The van der Waals surface area contributed by atoms with E-state index in [-0.39, 0.29) is 17.7 Å². The number of hydrogen-bond acceptors (Lipinski definition) is 3. The summed E-state index contributed by atoms with van der Waals surface area (Å²) in [6.45, 7) is 5.89. The van der Waals surface area contributed by atoms with Gasteiger partial charge in [-0.25, -0.2) is 13.1 Å². The van der Waals surface area contributed by atoms with Crippen molar-refractivity contribution in [1.82, 2.24) is 10.0 Å². The molecule has 0 aromatic carbocycles. The van der Waals surface area contributed by atoms with Gasteiger partial charge in [0.15, 0.2) is 0 Å². The second-order valence-electron chi connectivity index (χ2n) is 4.63. The minimum atomic E-state index is -3.09. The number of nitrogens with one attached hydrogen (secondary N) is 2. The molecule has 2 N–H and O–H groups in total. The van der Waals surface area contributed by atoms with Crippen molar-refractivity contribution in [3.8, 4) is 0 Å². The molecule has 1 aliphatic rings. The molecule has 0 saturated carbocycles. The third kappa shape index (κ3) is 4.80. The Bertz CT molecular complexity index is 280. The highest BCUT2D eigenvalue weighted by Crippen LogP contribution is 2.12. The molecule has 1 rings (SSSR count). The van der Waals surface area contributed by atoms with Gasteiger partial charge in [-0.15, -0.1) is 0 Å². The summed E-state index contributed by atoms with van der Waals surface area (Å²) < 4.78 is 26.6. The molecule has 0 aromatic rings. The van der Waals surface area contributed by atoms with Gasteiger partial charge in [-0.3, -0.25) is 0 Å². The Hall–Kier alpha value is -0.130. The summed E-state index contributed by atoms with van der Waals surface area (Å²) >= 11 is 0. The van der Waals surface area contributed by atoms with Crippen molar-refractivity contribution >= 4 is 10.0 Å². The Kier molecular flexibility index (Phi) is 5.72. The van der Waals surface area contributed by atoms with Crippen molar-refractivity contribution in [2.24, 2.45) is 5.92 Å². The maximum absolute atomic E-state index is 11.9. The molecule has 1 atom stereocenters. The van der Waals surface area contributed by atoms with Gasteiger partial charge in [0.2, 0.25) is 10.0 Å². The van der Waals surface area contributed by atoms with Gasteiger partial charge in [0, 0.05) is 6.04 Å². The molecular formula is C11H24N2O2S. The van der Waals surface area contributed by atoms with E-state index >= 15 is 0 Å². The first-order valence-corrected chi connectivity index (χ1v) is 7.93. The van der Waals surface area contributed by atoms with Gasteiger partial charge in [0.25, 0.3) is 0 Å². The Morgan fingerprint density at radius 1 is 1.38 bits per heavy atom. The van der Waals surface area contributed by atoms with Crippen LogP contribution in [0.4, 0.5) is 0 Å². The number of hydrogen-bond donors (Lipinski definition) is 2. The molecule has 4 nitrogen and oxygen atoms in total. The Morgan fingerprint density at radius 3 is 2.56 bits per heavy atom. The van der Waals surface area contributed by atoms with Crippen LogP contribution < -0.4 is 10.0 Å². The van der Waals surface area contributed by atoms with Crippen LogP contribution in [0.3, 0.4) is 0 Å². The Morgan fingerprint density at radius 2 is 2.06 bits per heavy atom. The largest absolute Gasteiger partial charge is 0.316 e. The van der Waals surface area contributed by atoms with Crippen LogP contribution in [0.5, 0.6) is 0 Å². The van der Waals surface area contributed by atoms with E-state index in [0.29, 0.717) is 0 Å². The molecule has 0 radical (unpaired) electrons. The second-order valence-corrected chi connectivity index (χ2v) is 6.42. The first-order valence-electron chi connectivity index (χ1n) is 6.28. The van der Waals surface area contributed by atoms with E-state index in [1.54, 1.807) is 0 Å². The van der Waals surface area contributed by atoms with E-state index < -0.39 is 10.0 Å². The third-order valence-corrected chi connectivity index (χ3v) is 4.79. The molecule has 1 saturated heterocycles.